The molecule has 1 aliphatic rings. The fraction of sp³-hybridized carbons (Fsp3) is 0.455. The van der Waals surface area contributed by atoms with Crippen molar-refractivity contribution in [1.82, 2.24) is 19.1 Å². The van der Waals surface area contributed by atoms with E-state index in [1.54, 1.807) is 19.6 Å². The summed E-state index contributed by atoms with van der Waals surface area (Å²) in [6.07, 6.45) is 12.8. The summed E-state index contributed by atoms with van der Waals surface area (Å²) >= 11 is 0. The van der Waals surface area contributed by atoms with E-state index in [1.807, 2.05) is 41.4 Å². The van der Waals surface area contributed by atoms with Gasteiger partial charge in [-0.25, -0.2) is 9.97 Å². The van der Waals surface area contributed by atoms with Gasteiger partial charge < -0.3 is 23.3 Å². The fourth-order valence-electron chi connectivity index (χ4n) is 3.76. The molecular weight excluding hydrogens is 368 g/mol. The Bertz CT molecular complexity index is 885. The van der Waals surface area contributed by atoms with Crippen molar-refractivity contribution in [2.45, 2.75) is 32.4 Å². The molecule has 0 bridgehead atoms. The summed E-state index contributed by atoms with van der Waals surface area (Å²) in [5.74, 6) is 2.96. The Morgan fingerprint density at radius 3 is 2.97 bits per heavy atom. The molecule has 4 rings (SSSR count). The molecule has 1 aromatic carbocycles. The molecule has 0 spiro atoms. The molecule has 1 atom stereocenters. The van der Waals surface area contributed by atoms with Crippen LogP contribution in [0.4, 0.5) is 0 Å². The molecule has 1 saturated heterocycles. The lowest BCUT2D eigenvalue weighted by molar-refractivity contribution is 0.0501. The van der Waals surface area contributed by atoms with Crippen molar-refractivity contribution in [3.63, 3.8) is 0 Å². The number of hydrogen-bond donors (Lipinski definition) is 0. The number of ether oxygens (including phenoxy) is 3. The molecule has 7 heteroatoms. The van der Waals surface area contributed by atoms with Crippen LogP contribution in [0.3, 0.4) is 0 Å². The van der Waals surface area contributed by atoms with E-state index >= 15 is 0 Å². The normalized spacial score (nSPS) is 16.7. The Balaban J connectivity index is 1.50. The van der Waals surface area contributed by atoms with Crippen molar-refractivity contribution in [3.8, 4) is 22.9 Å². The zero-order chi connectivity index (χ0) is 19.9. The number of rotatable bonds is 9. The maximum absolute atomic E-state index is 6.16. The fourth-order valence-corrected chi connectivity index (χ4v) is 3.76. The monoisotopic (exact) mass is 396 g/mol. The quantitative estimate of drug-likeness (QED) is 0.552. The van der Waals surface area contributed by atoms with E-state index in [4.69, 9.17) is 14.2 Å². The van der Waals surface area contributed by atoms with Crippen LogP contribution in [0.2, 0.25) is 0 Å². The highest BCUT2D eigenvalue weighted by Gasteiger charge is 2.18. The number of aromatic nitrogens is 4. The van der Waals surface area contributed by atoms with Gasteiger partial charge in [0.2, 0.25) is 0 Å². The largest absolute Gasteiger partial charge is 0.493 e. The third kappa shape index (κ3) is 4.79. The zero-order valence-electron chi connectivity index (χ0n) is 16.9. The number of para-hydroxylation sites is 1. The summed E-state index contributed by atoms with van der Waals surface area (Å²) in [7, 11) is 1.66. The zero-order valence-corrected chi connectivity index (χ0v) is 16.9. The number of nitrogens with zero attached hydrogens (tertiary/aromatic N) is 4. The first-order chi connectivity index (χ1) is 14.3. The molecule has 1 aliphatic heterocycles. The molecule has 7 nitrogen and oxygen atoms in total. The molecule has 3 heterocycles. The molecule has 29 heavy (non-hydrogen) atoms. The van der Waals surface area contributed by atoms with Gasteiger partial charge in [0.15, 0.2) is 11.5 Å². The van der Waals surface area contributed by atoms with Crippen molar-refractivity contribution < 1.29 is 14.2 Å². The first-order valence-corrected chi connectivity index (χ1v) is 10.2. The van der Waals surface area contributed by atoms with Gasteiger partial charge >= 0.3 is 0 Å². The van der Waals surface area contributed by atoms with Gasteiger partial charge in [0.25, 0.3) is 0 Å². The van der Waals surface area contributed by atoms with Crippen LogP contribution in [0.25, 0.3) is 11.4 Å². The Morgan fingerprint density at radius 2 is 2.17 bits per heavy atom. The lowest BCUT2D eigenvalue weighted by atomic mass is 9.98. The maximum Gasteiger partial charge on any atom is 0.172 e. The van der Waals surface area contributed by atoms with E-state index in [2.05, 4.69) is 14.5 Å². The lowest BCUT2D eigenvalue weighted by Gasteiger charge is -2.22. The van der Waals surface area contributed by atoms with Crippen molar-refractivity contribution in [2.75, 3.05) is 26.9 Å². The van der Waals surface area contributed by atoms with Gasteiger partial charge in [-0.1, -0.05) is 6.07 Å². The van der Waals surface area contributed by atoms with E-state index in [0.29, 0.717) is 24.8 Å². The molecule has 0 aliphatic carbocycles. The molecule has 3 aromatic rings. The second-order valence-electron chi connectivity index (χ2n) is 7.30. The minimum absolute atomic E-state index is 0.518. The third-order valence-corrected chi connectivity index (χ3v) is 5.34. The average Bonchev–Trinajstić information content (AvgIpc) is 3.45. The number of aryl methyl sites for hydroxylation is 1. The number of methoxy groups -OCH3 is 1. The molecule has 0 saturated carbocycles. The second kappa shape index (κ2) is 9.60. The third-order valence-electron chi connectivity index (χ3n) is 5.34. The predicted octanol–water partition coefficient (Wildman–Crippen LogP) is 3.65. The summed E-state index contributed by atoms with van der Waals surface area (Å²) in [5, 5.41) is 0. The Labute approximate surface area is 171 Å². The van der Waals surface area contributed by atoms with Crippen LogP contribution in [-0.2, 0) is 17.8 Å². The summed E-state index contributed by atoms with van der Waals surface area (Å²) in [4.78, 5) is 8.70. The molecule has 0 amide bonds. The van der Waals surface area contributed by atoms with E-state index in [0.717, 1.165) is 49.7 Å². The first kappa shape index (κ1) is 19.5. The van der Waals surface area contributed by atoms with Gasteiger partial charge in [-0.05, 0) is 37.3 Å². The number of benzene rings is 1. The Kier molecular flexibility index (Phi) is 6.46. The van der Waals surface area contributed by atoms with Gasteiger partial charge in [-0.2, -0.15) is 0 Å². The van der Waals surface area contributed by atoms with Crippen LogP contribution in [-0.4, -0.2) is 46.0 Å². The average molecular weight is 396 g/mol. The molecule has 1 fully saturated rings. The number of imidazole rings is 2. The highest BCUT2D eigenvalue weighted by Crippen LogP contribution is 2.37. The summed E-state index contributed by atoms with van der Waals surface area (Å²) in [6, 6.07) is 5.94. The first-order valence-electron chi connectivity index (χ1n) is 10.2. The highest BCUT2D eigenvalue weighted by molar-refractivity contribution is 5.69. The Morgan fingerprint density at radius 1 is 1.21 bits per heavy atom. The highest BCUT2D eigenvalue weighted by atomic mass is 16.5. The summed E-state index contributed by atoms with van der Waals surface area (Å²) in [5.41, 5.74) is 0.944. The minimum atomic E-state index is 0.518. The molecule has 0 N–H and O–H groups in total. The van der Waals surface area contributed by atoms with Crippen LogP contribution in [0.1, 0.15) is 19.3 Å². The van der Waals surface area contributed by atoms with Gasteiger partial charge in [0, 0.05) is 44.5 Å². The standard InChI is InChI=1S/C22H28N4O3/c1-27-20-6-2-5-19(21(20)29-15-13-25-11-8-23-17-25)22-24-9-12-26(22)10-7-18-4-3-14-28-16-18/h2,5-6,8-9,11-12,17-18H,3-4,7,10,13-16H2,1H3. The van der Waals surface area contributed by atoms with Crippen LogP contribution < -0.4 is 9.47 Å². The SMILES string of the molecule is COc1cccc(-c2nccn2CCC2CCCOC2)c1OCCn1ccnc1. The maximum atomic E-state index is 6.16. The van der Waals surface area contributed by atoms with E-state index in [-0.39, 0.29) is 0 Å². The van der Waals surface area contributed by atoms with Crippen LogP contribution in [0.15, 0.2) is 49.3 Å². The Hall–Kier alpha value is -2.80. The molecule has 1 unspecified atom stereocenters. The van der Waals surface area contributed by atoms with Crippen LogP contribution in [0.5, 0.6) is 11.5 Å². The minimum Gasteiger partial charge on any atom is -0.493 e. The van der Waals surface area contributed by atoms with Gasteiger partial charge in [-0.3, -0.25) is 0 Å². The second-order valence-corrected chi connectivity index (χ2v) is 7.30. The molecule has 2 aromatic heterocycles. The van der Waals surface area contributed by atoms with Crippen molar-refractivity contribution >= 4 is 0 Å². The molecular formula is C22H28N4O3. The predicted molar refractivity (Wildman–Crippen MR) is 110 cm³/mol. The van der Waals surface area contributed by atoms with Crippen molar-refractivity contribution in [1.29, 1.82) is 0 Å². The lowest BCUT2D eigenvalue weighted by Crippen LogP contribution is -2.19. The van der Waals surface area contributed by atoms with Crippen LogP contribution in [0, 0.1) is 5.92 Å². The van der Waals surface area contributed by atoms with Crippen molar-refractivity contribution in [2.24, 2.45) is 5.92 Å². The topological polar surface area (TPSA) is 63.3 Å². The van der Waals surface area contributed by atoms with Gasteiger partial charge in [0.1, 0.15) is 12.4 Å². The summed E-state index contributed by atoms with van der Waals surface area (Å²) in [6.45, 7) is 3.91. The van der Waals surface area contributed by atoms with E-state index in [9.17, 15) is 0 Å². The van der Waals surface area contributed by atoms with E-state index in [1.165, 1.54) is 6.42 Å². The number of hydrogen-bond acceptors (Lipinski definition) is 5. The molecule has 0 radical (unpaired) electrons. The molecule has 154 valence electrons. The smallest absolute Gasteiger partial charge is 0.172 e. The van der Waals surface area contributed by atoms with Crippen molar-refractivity contribution in [3.05, 3.63) is 49.3 Å². The summed E-state index contributed by atoms with van der Waals surface area (Å²) < 4.78 is 21.5. The van der Waals surface area contributed by atoms with Crippen LogP contribution >= 0.6 is 0 Å². The van der Waals surface area contributed by atoms with E-state index < -0.39 is 0 Å². The van der Waals surface area contributed by atoms with Gasteiger partial charge in [-0.15, -0.1) is 0 Å². The van der Waals surface area contributed by atoms with Gasteiger partial charge in [0.05, 0.1) is 25.5 Å².